The number of benzene rings is 1. The van der Waals surface area contributed by atoms with E-state index in [0.29, 0.717) is 6.54 Å². The summed E-state index contributed by atoms with van der Waals surface area (Å²) in [5.41, 5.74) is 1.97. The van der Waals surface area contributed by atoms with E-state index in [2.05, 4.69) is 5.32 Å². The monoisotopic (exact) mass is 303 g/mol. The normalized spacial score (nSPS) is 10.7. The molecular formula is C16H17NO3S. The summed E-state index contributed by atoms with van der Waals surface area (Å²) in [5.74, 6) is 0. The first-order valence-corrected chi connectivity index (χ1v) is 7.45. The first-order chi connectivity index (χ1) is 10.3. The highest BCUT2D eigenvalue weighted by Gasteiger charge is 2.00. The Balaban J connectivity index is 1.67. The van der Waals surface area contributed by atoms with Crippen LogP contribution in [-0.4, -0.2) is 17.7 Å². The van der Waals surface area contributed by atoms with Gasteiger partial charge in [0.15, 0.2) is 0 Å². The van der Waals surface area contributed by atoms with Gasteiger partial charge < -0.3 is 15.2 Å². The van der Waals surface area contributed by atoms with E-state index in [1.54, 1.807) is 0 Å². The van der Waals surface area contributed by atoms with E-state index < -0.39 is 6.09 Å². The van der Waals surface area contributed by atoms with E-state index in [1.807, 2.05) is 53.9 Å². The van der Waals surface area contributed by atoms with Gasteiger partial charge in [-0.05, 0) is 22.6 Å². The van der Waals surface area contributed by atoms with Gasteiger partial charge in [0, 0.05) is 11.4 Å². The smallest absolute Gasteiger partial charge is 0.407 e. The van der Waals surface area contributed by atoms with Gasteiger partial charge in [0.1, 0.15) is 6.61 Å². The number of alkyl carbamates (subject to hydrolysis) is 1. The summed E-state index contributed by atoms with van der Waals surface area (Å²) in [6.07, 6.45) is 3.30. The van der Waals surface area contributed by atoms with Crippen LogP contribution in [0.15, 0.2) is 47.9 Å². The average Bonchev–Trinajstić information content (AvgIpc) is 2.98. The van der Waals surface area contributed by atoms with Crippen molar-refractivity contribution >= 4 is 23.5 Å². The molecule has 1 amide bonds. The Morgan fingerprint density at radius 1 is 1.33 bits per heavy atom. The molecule has 0 fully saturated rings. The van der Waals surface area contributed by atoms with Crippen LogP contribution in [0.5, 0.6) is 0 Å². The highest BCUT2D eigenvalue weighted by atomic mass is 32.1. The van der Waals surface area contributed by atoms with Gasteiger partial charge in [-0.15, -0.1) is 11.3 Å². The lowest BCUT2D eigenvalue weighted by Gasteiger charge is -2.05. The summed E-state index contributed by atoms with van der Waals surface area (Å²) in [4.78, 5) is 12.4. The minimum absolute atomic E-state index is 0.0581. The topological polar surface area (TPSA) is 58.6 Å². The van der Waals surface area contributed by atoms with Gasteiger partial charge in [-0.1, -0.05) is 42.5 Å². The maximum Gasteiger partial charge on any atom is 0.407 e. The lowest BCUT2D eigenvalue weighted by molar-refractivity contribution is 0.141. The Labute approximate surface area is 127 Å². The molecule has 0 aliphatic heterocycles. The highest BCUT2D eigenvalue weighted by Crippen LogP contribution is 2.15. The molecule has 1 aromatic heterocycles. The lowest BCUT2D eigenvalue weighted by atomic mass is 10.2. The molecule has 0 saturated carbocycles. The van der Waals surface area contributed by atoms with Crippen molar-refractivity contribution in [3.05, 3.63) is 63.9 Å². The Hall–Kier alpha value is -2.11. The largest absolute Gasteiger partial charge is 0.445 e. The first kappa shape index (κ1) is 15.3. The second-order valence-corrected chi connectivity index (χ2v) is 5.35. The van der Waals surface area contributed by atoms with E-state index in [1.165, 1.54) is 11.3 Å². The molecule has 0 aliphatic rings. The zero-order valence-electron chi connectivity index (χ0n) is 11.5. The van der Waals surface area contributed by atoms with Crippen molar-refractivity contribution < 1.29 is 14.6 Å². The molecule has 2 N–H and O–H groups in total. The Morgan fingerprint density at radius 3 is 2.86 bits per heavy atom. The number of rotatable bonds is 6. The van der Waals surface area contributed by atoms with Gasteiger partial charge in [0.2, 0.25) is 0 Å². The van der Waals surface area contributed by atoms with Crippen LogP contribution in [0, 0.1) is 0 Å². The quantitative estimate of drug-likeness (QED) is 0.861. The SMILES string of the molecule is O=C(NCC=Cc1csc(CO)c1)OCc1ccccc1. The summed E-state index contributed by atoms with van der Waals surface area (Å²) < 4.78 is 5.09. The molecule has 4 nitrogen and oxygen atoms in total. The number of carbonyl (C=O) groups is 1. The molecular weight excluding hydrogens is 286 g/mol. The van der Waals surface area contributed by atoms with Crippen LogP contribution in [0.1, 0.15) is 16.0 Å². The van der Waals surface area contributed by atoms with E-state index >= 15 is 0 Å². The highest BCUT2D eigenvalue weighted by molar-refractivity contribution is 7.10. The van der Waals surface area contributed by atoms with Gasteiger partial charge in [0.05, 0.1) is 6.61 Å². The van der Waals surface area contributed by atoms with E-state index in [-0.39, 0.29) is 13.2 Å². The maximum absolute atomic E-state index is 11.5. The van der Waals surface area contributed by atoms with Crippen molar-refractivity contribution in [3.63, 3.8) is 0 Å². The van der Waals surface area contributed by atoms with Crippen LogP contribution in [-0.2, 0) is 18.0 Å². The summed E-state index contributed by atoms with van der Waals surface area (Å²) in [6, 6.07) is 11.4. The van der Waals surface area contributed by atoms with Crippen molar-refractivity contribution in [3.8, 4) is 0 Å². The lowest BCUT2D eigenvalue weighted by Crippen LogP contribution is -2.24. The fraction of sp³-hybridized carbons (Fsp3) is 0.188. The predicted octanol–water partition coefficient (Wildman–Crippen LogP) is 3.18. The number of aliphatic hydroxyl groups is 1. The van der Waals surface area contributed by atoms with Gasteiger partial charge in [-0.3, -0.25) is 0 Å². The van der Waals surface area contributed by atoms with E-state index in [4.69, 9.17) is 9.84 Å². The number of thiophene rings is 1. The zero-order valence-corrected chi connectivity index (χ0v) is 12.3. The summed E-state index contributed by atoms with van der Waals surface area (Å²) >= 11 is 1.51. The summed E-state index contributed by atoms with van der Waals surface area (Å²) in [5, 5.41) is 13.6. The van der Waals surface area contributed by atoms with Crippen LogP contribution in [0.2, 0.25) is 0 Å². The molecule has 21 heavy (non-hydrogen) atoms. The molecule has 0 atom stereocenters. The number of nitrogens with one attached hydrogen (secondary N) is 1. The number of amides is 1. The first-order valence-electron chi connectivity index (χ1n) is 6.57. The predicted molar refractivity (Wildman–Crippen MR) is 83.9 cm³/mol. The third-order valence-electron chi connectivity index (χ3n) is 2.72. The Morgan fingerprint density at radius 2 is 2.14 bits per heavy atom. The number of ether oxygens (including phenoxy) is 1. The fourth-order valence-corrected chi connectivity index (χ4v) is 2.39. The molecule has 0 radical (unpaired) electrons. The van der Waals surface area contributed by atoms with Gasteiger partial charge in [-0.2, -0.15) is 0 Å². The van der Waals surface area contributed by atoms with Crippen molar-refractivity contribution in [2.45, 2.75) is 13.2 Å². The van der Waals surface area contributed by atoms with E-state index in [9.17, 15) is 4.79 Å². The minimum Gasteiger partial charge on any atom is -0.445 e. The number of hydrogen-bond donors (Lipinski definition) is 2. The minimum atomic E-state index is -0.440. The second kappa shape index (κ2) is 8.24. The summed E-state index contributed by atoms with van der Waals surface area (Å²) in [6.45, 7) is 0.723. The molecule has 0 bridgehead atoms. The van der Waals surface area contributed by atoms with Crippen molar-refractivity contribution in [2.75, 3.05) is 6.54 Å². The molecule has 0 saturated heterocycles. The van der Waals surface area contributed by atoms with E-state index in [0.717, 1.165) is 16.0 Å². The number of hydrogen-bond acceptors (Lipinski definition) is 4. The Bertz CT molecular complexity index is 593. The van der Waals surface area contributed by atoms with Crippen LogP contribution in [0.25, 0.3) is 6.08 Å². The molecule has 0 unspecified atom stereocenters. The molecule has 5 heteroatoms. The molecule has 1 heterocycles. The molecule has 2 rings (SSSR count). The van der Waals surface area contributed by atoms with Crippen LogP contribution < -0.4 is 5.32 Å². The summed E-state index contributed by atoms with van der Waals surface area (Å²) in [7, 11) is 0. The maximum atomic E-state index is 11.5. The van der Waals surface area contributed by atoms with Gasteiger partial charge >= 0.3 is 6.09 Å². The molecule has 0 spiro atoms. The molecule has 110 valence electrons. The van der Waals surface area contributed by atoms with Gasteiger partial charge in [0.25, 0.3) is 0 Å². The van der Waals surface area contributed by atoms with Crippen LogP contribution >= 0.6 is 11.3 Å². The van der Waals surface area contributed by atoms with Crippen molar-refractivity contribution in [1.29, 1.82) is 0 Å². The Kier molecular flexibility index (Phi) is 5.99. The number of carbonyl (C=O) groups excluding carboxylic acids is 1. The van der Waals surface area contributed by atoms with Crippen molar-refractivity contribution in [1.82, 2.24) is 5.32 Å². The molecule has 1 aromatic carbocycles. The third-order valence-corrected chi connectivity index (χ3v) is 3.66. The second-order valence-electron chi connectivity index (χ2n) is 4.35. The van der Waals surface area contributed by atoms with Crippen LogP contribution in [0.3, 0.4) is 0 Å². The average molecular weight is 303 g/mol. The third kappa shape index (κ3) is 5.41. The van der Waals surface area contributed by atoms with Crippen molar-refractivity contribution in [2.24, 2.45) is 0 Å². The zero-order chi connectivity index (χ0) is 14.9. The fourth-order valence-electron chi connectivity index (χ4n) is 1.68. The molecule has 0 aliphatic carbocycles. The van der Waals surface area contributed by atoms with Crippen LogP contribution in [0.4, 0.5) is 4.79 Å². The standard InChI is InChI=1S/C16H17NO3S/c18-10-15-9-14(12-21-15)7-4-8-17-16(19)20-11-13-5-2-1-3-6-13/h1-7,9,12,18H,8,10-11H2,(H,17,19). The number of aliphatic hydroxyl groups excluding tert-OH is 1. The van der Waals surface area contributed by atoms with Gasteiger partial charge in [-0.25, -0.2) is 4.79 Å². The molecule has 2 aromatic rings.